The van der Waals surface area contributed by atoms with Gasteiger partial charge in [0, 0.05) is 35.3 Å². The fourth-order valence-corrected chi connectivity index (χ4v) is 4.73. The van der Waals surface area contributed by atoms with Gasteiger partial charge in [0.2, 0.25) is 0 Å². The predicted molar refractivity (Wildman–Crippen MR) is 111 cm³/mol. The summed E-state index contributed by atoms with van der Waals surface area (Å²) in [6.07, 6.45) is 0.942. The SMILES string of the molecule is CN1CCCN(C(=O)c2sc3cccc(F)c3c2COc2ccccc2)CC1. The molecule has 3 aromatic rings. The Labute approximate surface area is 168 Å². The molecule has 146 valence electrons. The van der Waals surface area contributed by atoms with Gasteiger partial charge in [-0.15, -0.1) is 11.3 Å². The molecule has 4 rings (SSSR count). The van der Waals surface area contributed by atoms with E-state index in [4.69, 9.17) is 4.74 Å². The first-order valence-corrected chi connectivity index (χ1v) is 10.3. The van der Waals surface area contributed by atoms with Crippen LogP contribution in [0.3, 0.4) is 0 Å². The lowest BCUT2D eigenvalue weighted by Crippen LogP contribution is -2.34. The van der Waals surface area contributed by atoms with Crippen LogP contribution < -0.4 is 4.74 Å². The molecule has 0 saturated carbocycles. The van der Waals surface area contributed by atoms with Crippen LogP contribution in [0, 0.1) is 5.82 Å². The summed E-state index contributed by atoms with van der Waals surface area (Å²) in [7, 11) is 2.07. The number of thiophene rings is 1. The van der Waals surface area contributed by atoms with E-state index < -0.39 is 0 Å². The van der Waals surface area contributed by atoms with Crippen molar-refractivity contribution < 1.29 is 13.9 Å². The minimum absolute atomic E-state index is 0.0254. The molecule has 0 bridgehead atoms. The lowest BCUT2D eigenvalue weighted by molar-refractivity contribution is 0.0765. The van der Waals surface area contributed by atoms with Crippen LogP contribution in [0.4, 0.5) is 4.39 Å². The van der Waals surface area contributed by atoms with Gasteiger partial charge < -0.3 is 14.5 Å². The number of rotatable bonds is 4. The summed E-state index contributed by atoms with van der Waals surface area (Å²) in [5.74, 6) is 0.366. The van der Waals surface area contributed by atoms with Gasteiger partial charge in [-0.05, 0) is 44.3 Å². The van der Waals surface area contributed by atoms with Gasteiger partial charge in [-0.1, -0.05) is 24.3 Å². The Balaban J connectivity index is 1.68. The van der Waals surface area contributed by atoms with Gasteiger partial charge in [-0.25, -0.2) is 4.39 Å². The molecule has 0 N–H and O–H groups in total. The standard InChI is InChI=1S/C22H23FN2O2S/c1-24-11-6-12-25(14-13-24)22(26)21-17(15-27-16-7-3-2-4-8-16)20-18(23)9-5-10-19(20)28-21/h2-5,7-10H,6,11-15H2,1H3. The molecule has 2 heterocycles. The van der Waals surface area contributed by atoms with Crippen molar-refractivity contribution in [2.45, 2.75) is 13.0 Å². The van der Waals surface area contributed by atoms with Gasteiger partial charge in [-0.2, -0.15) is 0 Å². The maximum absolute atomic E-state index is 14.6. The maximum Gasteiger partial charge on any atom is 0.264 e. The third-order valence-corrected chi connectivity index (χ3v) is 6.28. The second kappa shape index (κ2) is 8.29. The molecule has 6 heteroatoms. The van der Waals surface area contributed by atoms with Crippen LogP contribution in [0.1, 0.15) is 21.7 Å². The average molecular weight is 399 g/mol. The summed E-state index contributed by atoms with van der Waals surface area (Å²) in [4.78, 5) is 18.0. The lowest BCUT2D eigenvalue weighted by atomic mass is 10.1. The first kappa shape index (κ1) is 18.9. The monoisotopic (exact) mass is 398 g/mol. The van der Waals surface area contributed by atoms with Crippen LogP contribution in [0.25, 0.3) is 10.1 Å². The molecule has 1 saturated heterocycles. The zero-order chi connectivity index (χ0) is 19.5. The molecule has 0 spiro atoms. The van der Waals surface area contributed by atoms with Crippen LogP contribution in [0.5, 0.6) is 5.75 Å². The molecule has 4 nitrogen and oxygen atoms in total. The molecule has 0 radical (unpaired) electrons. The number of hydrogen-bond acceptors (Lipinski definition) is 4. The largest absolute Gasteiger partial charge is 0.489 e. The summed E-state index contributed by atoms with van der Waals surface area (Å²) in [6, 6.07) is 14.4. The molecule has 1 amide bonds. The highest BCUT2D eigenvalue weighted by atomic mass is 32.1. The van der Waals surface area contributed by atoms with Crippen molar-refractivity contribution in [2.75, 3.05) is 33.2 Å². The van der Waals surface area contributed by atoms with Crippen molar-refractivity contribution in [1.29, 1.82) is 0 Å². The predicted octanol–water partition coefficient (Wildman–Crippen LogP) is 4.40. The lowest BCUT2D eigenvalue weighted by Gasteiger charge is -2.20. The number of nitrogens with zero attached hydrogens (tertiary/aromatic N) is 2. The number of benzene rings is 2. The van der Waals surface area contributed by atoms with Gasteiger partial charge >= 0.3 is 0 Å². The van der Waals surface area contributed by atoms with Crippen molar-refractivity contribution in [1.82, 2.24) is 9.80 Å². The maximum atomic E-state index is 14.6. The van der Waals surface area contributed by atoms with Crippen molar-refractivity contribution in [3.05, 3.63) is 64.8 Å². The van der Waals surface area contributed by atoms with Crippen molar-refractivity contribution in [2.24, 2.45) is 0 Å². The quantitative estimate of drug-likeness (QED) is 0.653. The number of likely N-dealkylation sites (N-methyl/N-ethyl adjacent to an activating group) is 1. The highest BCUT2D eigenvalue weighted by Crippen LogP contribution is 2.35. The second-order valence-corrected chi connectivity index (χ2v) is 8.13. The van der Waals surface area contributed by atoms with E-state index in [1.165, 1.54) is 17.4 Å². The summed E-state index contributed by atoms with van der Waals surface area (Å²) in [5.41, 5.74) is 0.643. The van der Waals surface area contributed by atoms with E-state index in [9.17, 15) is 9.18 Å². The highest BCUT2D eigenvalue weighted by Gasteiger charge is 2.26. The molecule has 2 aromatic carbocycles. The molecule has 0 aliphatic carbocycles. The van der Waals surface area contributed by atoms with Crippen LogP contribution in [-0.4, -0.2) is 48.9 Å². The Morgan fingerprint density at radius 2 is 1.89 bits per heavy atom. The van der Waals surface area contributed by atoms with E-state index >= 15 is 0 Å². The molecular formula is C22H23FN2O2S. The molecule has 1 aliphatic rings. The number of carbonyl (C=O) groups excluding carboxylic acids is 1. The fourth-order valence-electron chi connectivity index (χ4n) is 3.54. The number of ether oxygens (including phenoxy) is 1. The summed E-state index contributed by atoms with van der Waals surface area (Å²) in [5, 5.41) is 0.499. The van der Waals surface area contributed by atoms with E-state index in [1.54, 1.807) is 6.07 Å². The van der Waals surface area contributed by atoms with E-state index in [-0.39, 0.29) is 18.3 Å². The Hall–Kier alpha value is -2.44. The van der Waals surface area contributed by atoms with E-state index in [1.807, 2.05) is 41.3 Å². The average Bonchev–Trinajstić information content (AvgIpc) is 2.95. The number of halogens is 1. The van der Waals surface area contributed by atoms with Gasteiger partial charge in [0.25, 0.3) is 5.91 Å². The van der Waals surface area contributed by atoms with Crippen LogP contribution in [0.15, 0.2) is 48.5 Å². The van der Waals surface area contributed by atoms with E-state index in [0.29, 0.717) is 28.1 Å². The highest BCUT2D eigenvalue weighted by molar-refractivity contribution is 7.21. The third-order valence-electron chi connectivity index (χ3n) is 5.09. The van der Waals surface area contributed by atoms with Gasteiger partial charge in [0.1, 0.15) is 18.2 Å². The topological polar surface area (TPSA) is 32.8 Å². The third kappa shape index (κ3) is 3.88. The minimum Gasteiger partial charge on any atom is -0.489 e. The molecule has 0 atom stereocenters. The molecule has 0 unspecified atom stereocenters. The number of para-hydroxylation sites is 1. The number of carbonyl (C=O) groups is 1. The number of amides is 1. The molecule has 1 fully saturated rings. The zero-order valence-electron chi connectivity index (χ0n) is 15.9. The normalized spacial score (nSPS) is 15.6. The van der Waals surface area contributed by atoms with Crippen LogP contribution in [-0.2, 0) is 6.61 Å². The smallest absolute Gasteiger partial charge is 0.264 e. The second-order valence-electron chi connectivity index (χ2n) is 7.07. The van der Waals surface area contributed by atoms with Crippen molar-refractivity contribution in [3.8, 4) is 5.75 Å². The molecule has 1 aliphatic heterocycles. The van der Waals surface area contributed by atoms with Gasteiger partial charge in [0.05, 0.1) is 4.88 Å². The fraction of sp³-hybridized carbons (Fsp3) is 0.318. The minimum atomic E-state index is -0.310. The Kier molecular flexibility index (Phi) is 5.59. The molecule has 28 heavy (non-hydrogen) atoms. The Morgan fingerprint density at radius 3 is 2.71 bits per heavy atom. The summed E-state index contributed by atoms with van der Waals surface area (Å²) < 4.78 is 21.3. The zero-order valence-corrected chi connectivity index (χ0v) is 16.7. The Morgan fingerprint density at radius 1 is 1.07 bits per heavy atom. The summed E-state index contributed by atoms with van der Waals surface area (Å²) in [6.45, 7) is 3.40. The van der Waals surface area contributed by atoms with E-state index in [0.717, 1.165) is 30.8 Å². The molecule has 1 aromatic heterocycles. The van der Waals surface area contributed by atoms with Crippen LogP contribution >= 0.6 is 11.3 Å². The number of fused-ring (bicyclic) bond motifs is 1. The first-order chi connectivity index (χ1) is 13.6. The Bertz CT molecular complexity index is 973. The van der Waals surface area contributed by atoms with Gasteiger partial charge in [-0.3, -0.25) is 4.79 Å². The van der Waals surface area contributed by atoms with Crippen molar-refractivity contribution in [3.63, 3.8) is 0 Å². The van der Waals surface area contributed by atoms with E-state index in [2.05, 4.69) is 11.9 Å². The molecular weight excluding hydrogens is 375 g/mol. The first-order valence-electron chi connectivity index (χ1n) is 9.49. The van der Waals surface area contributed by atoms with Crippen molar-refractivity contribution >= 4 is 27.3 Å². The van der Waals surface area contributed by atoms with Gasteiger partial charge in [0.15, 0.2) is 0 Å². The number of hydrogen-bond donors (Lipinski definition) is 0. The van der Waals surface area contributed by atoms with Crippen LogP contribution in [0.2, 0.25) is 0 Å². The summed E-state index contributed by atoms with van der Waals surface area (Å²) >= 11 is 1.36.